The highest BCUT2D eigenvalue weighted by Crippen LogP contribution is 2.23. The second kappa shape index (κ2) is 7.61. The molecule has 0 spiro atoms. The first-order valence-electron chi connectivity index (χ1n) is 9.13. The maximum absolute atomic E-state index is 12.7. The topological polar surface area (TPSA) is 58.6 Å². The van der Waals surface area contributed by atoms with Crippen molar-refractivity contribution in [2.75, 3.05) is 38.2 Å². The minimum atomic E-state index is 0.0674. The molecule has 0 radical (unpaired) electrons. The van der Waals surface area contributed by atoms with Crippen LogP contribution in [0.5, 0.6) is 5.75 Å². The second-order valence-electron chi connectivity index (χ2n) is 6.60. The Labute approximate surface area is 158 Å². The van der Waals surface area contributed by atoms with Gasteiger partial charge in [-0.2, -0.15) is 0 Å². The van der Waals surface area contributed by atoms with Gasteiger partial charge in [-0.3, -0.25) is 9.78 Å². The third-order valence-electron chi connectivity index (χ3n) is 4.92. The number of amides is 1. The standard InChI is InChI=1S/C21H22N4O2/c1-27-18-4-5-19-17(15-18)3-6-20(23-19)24-11-2-12-25(14-13-24)21(26)16-7-9-22-10-8-16/h3-10,15H,2,11-14H2,1H3. The maximum atomic E-state index is 12.7. The molecule has 2 aromatic heterocycles. The summed E-state index contributed by atoms with van der Waals surface area (Å²) in [6.45, 7) is 3.09. The Kier molecular flexibility index (Phi) is 4.87. The van der Waals surface area contributed by atoms with Gasteiger partial charge in [0.2, 0.25) is 0 Å². The normalized spacial score (nSPS) is 14.9. The number of fused-ring (bicyclic) bond motifs is 1. The molecule has 0 atom stereocenters. The van der Waals surface area contributed by atoms with Crippen LogP contribution < -0.4 is 9.64 Å². The zero-order valence-corrected chi connectivity index (χ0v) is 15.3. The molecule has 0 unspecified atom stereocenters. The van der Waals surface area contributed by atoms with Crippen molar-refractivity contribution in [1.82, 2.24) is 14.9 Å². The SMILES string of the molecule is COc1ccc2nc(N3CCCN(C(=O)c4ccncc4)CC3)ccc2c1. The summed E-state index contributed by atoms with van der Waals surface area (Å²) < 4.78 is 5.28. The van der Waals surface area contributed by atoms with Gasteiger partial charge < -0.3 is 14.5 Å². The molecule has 0 aliphatic carbocycles. The van der Waals surface area contributed by atoms with Crippen molar-refractivity contribution >= 4 is 22.6 Å². The van der Waals surface area contributed by atoms with Crippen LogP contribution in [0.25, 0.3) is 10.9 Å². The van der Waals surface area contributed by atoms with Crippen molar-refractivity contribution in [3.8, 4) is 5.75 Å². The number of rotatable bonds is 3. The van der Waals surface area contributed by atoms with Crippen LogP contribution in [0.3, 0.4) is 0 Å². The Morgan fingerprint density at radius 1 is 1.00 bits per heavy atom. The number of anilines is 1. The number of methoxy groups -OCH3 is 1. The Balaban J connectivity index is 1.49. The van der Waals surface area contributed by atoms with E-state index in [9.17, 15) is 4.79 Å². The predicted octanol–water partition coefficient (Wildman–Crippen LogP) is 2.99. The summed E-state index contributed by atoms with van der Waals surface area (Å²) in [5, 5.41) is 1.06. The van der Waals surface area contributed by atoms with Crippen LogP contribution in [0.15, 0.2) is 54.9 Å². The van der Waals surface area contributed by atoms with Crippen LogP contribution in [0.2, 0.25) is 0 Å². The third kappa shape index (κ3) is 3.69. The predicted molar refractivity (Wildman–Crippen MR) is 105 cm³/mol. The lowest BCUT2D eigenvalue weighted by molar-refractivity contribution is 0.0767. The number of pyridine rings is 2. The fourth-order valence-corrected chi connectivity index (χ4v) is 3.42. The number of benzene rings is 1. The van der Waals surface area contributed by atoms with Crippen LogP contribution in [-0.4, -0.2) is 54.1 Å². The van der Waals surface area contributed by atoms with E-state index in [1.165, 1.54) is 0 Å². The molecular weight excluding hydrogens is 340 g/mol. The fourth-order valence-electron chi connectivity index (χ4n) is 3.42. The molecule has 6 nitrogen and oxygen atoms in total. The Hall–Kier alpha value is -3.15. The molecule has 0 saturated carbocycles. The van der Waals surface area contributed by atoms with E-state index < -0.39 is 0 Å². The fraction of sp³-hybridized carbons (Fsp3) is 0.286. The highest BCUT2D eigenvalue weighted by Gasteiger charge is 2.21. The number of aromatic nitrogens is 2. The molecule has 0 N–H and O–H groups in total. The first-order chi connectivity index (χ1) is 13.2. The van der Waals surface area contributed by atoms with Crippen molar-refractivity contribution in [3.63, 3.8) is 0 Å². The largest absolute Gasteiger partial charge is 0.497 e. The minimum absolute atomic E-state index is 0.0674. The average molecular weight is 362 g/mol. The molecular formula is C21H22N4O2. The number of hydrogen-bond acceptors (Lipinski definition) is 5. The molecule has 3 aromatic rings. The van der Waals surface area contributed by atoms with Gasteiger partial charge in [-0.25, -0.2) is 4.98 Å². The minimum Gasteiger partial charge on any atom is -0.497 e. The van der Waals surface area contributed by atoms with E-state index in [2.05, 4.69) is 16.0 Å². The van der Waals surface area contributed by atoms with Crippen molar-refractivity contribution in [2.24, 2.45) is 0 Å². The monoisotopic (exact) mass is 362 g/mol. The number of ether oxygens (including phenoxy) is 1. The van der Waals surface area contributed by atoms with Crippen molar-refractivity contribution < 1.29 is 9.53 Å². The van der Waals surface area contributed by atoms with Gasteiger partial charge in [0.1, 0.15) is 11.6 Å². The molecule has 27 heavy (non-hydrogen) atoms. The van der Waals surface area contributed by atoms with Crippen molar-refractivity contribution in [2.45, 2.75) is 6.42 Å². The summed E-state index contributed by atoms with van der Waals surface area (Å²) in [4.78, 5) is 25.6. The van der Waals surface area contributed by atoms with Gasteiger partial charge >= 0.3 is 0 Å². The second-order valence-corrected chi connectivity index (χ2v) is 6.60. The van der Waals surface area contributed by atoms with E-state index in [1.807, 2.05) is 29.2 Å². The lowest BCUT2D eigenvalue weighted by Gasteiger charge is -2.23. The molecule has 1 aliphatic heterocycles. The summed E-state index contributed by atoms with van der Waals surface area (Å²) in [5.74, 6) is 1.85. The van der Waals surface area contributed by atoms with Crippen LogP contribution in [0.1, 0.15) is 16.8 Å². The third-order valence-corrected chi connectivity index (χ3v) is 4.92. The highest BCUT2D eigenvalue weighted by atomic mass is 16.5. The molecule has 3 heterocycles. The van der Waals surface area contributed by atoms with E-state index in [0.717, 1.165) is 48.5 Å². The van der Waals surface area contributed by atoms with E-state index in [-0.39, 0.29) is 5.91 Å². The molecule has 1 aromatic carbocycles. The van der Waals surface area contributed by atoms with Crippen LogP contribution in [-0.2, 0) is 0 Å². The van der Waals surface area contributed by atoms with Crippen LogP contribution >= 0.6 is 0 Å². The highest BCUT2D eigenvalue weighted by molar-refractivity contribution is 5.94. The van der Waals surface area contributed by atoms with Gasteiger partial charge in [0.05, 0.1) is 12.6 Å². The van der Waals surface area contributed by atoms with Gasteiger partial charge in [0, 0.05) is 49.5 Å². The average Bonchev–Trinajstić information content (AvgIpc) is 2.99. The Morgan fingerprint density at radius 2 is 1.85 bits per heavy atom. The van der Waals surface area contributed by atoms with E-state index in [0.29, 0.717) is 12.1 Å². The summed E-state index contributed by atoms with van der Waals surface area (Å²) >= 11 is 0. The summed E-state index contributed by atoms with van der Waals surface area (Å²) in [6, 6.07) is 13.6. The summed E-state index contributed by atoms with van der Waals surface area (Å²) in [5.41, 5.74) is 1.64. The molecule has 1 aliphatic rings. The maximum Gasteiger partial charge on any atom is 0.254 e. The molecule has 1 fully saturated rings. The lowest BCUT2D eigenvalue weighted by Crippen LogP contribution is -2.35. The summed E-state index contributed by atoms with van der Waals surface area (Å²) in [6.07, 6.45) is 4.23. The van der Waals surface area contributed by atoms with Crippen LogP contribution in [0, 0.1) is 0 Å². The molecule has 0 bridgehead atoms. The lowest BCUT2D eigenvalue weighted by atomic mass is 10.2. The van der Waals surface area contributed by atoms with Crippen molar-refractivity contribution in [3.05, 3.63) is 60.4 Å². The van der Waals surface area contributed by atoms with Gasteiger partial charge in [0.15, 0.2) is 0 Å². The first-order valence-corrected chi connectivity index (χ1v) is 9.13. The van der Waals surface area contributed by atoms with Gasteiger partial charge in [0.25, 0.3) is 5.91 Å². The number of carbonyl (C=O) groups is 1. The number of hydrogen-bond donors (Lipinski definition) is 0. The zero-order chi connectivity index (χ0) is 18.6. The smallest absolute Gasteiger partial charge is 0.254 e. The quantitative estimate of drug-likeness (QED) is 0.717. The molecule has 1 saturated heterocycles. The molecule has 138 valence electrons. The Morgan fingerprint density at radius 3 is 2.67 bits per heavy atom. The number of carbonyl (C=O) groups excluding carboxylic acids is 1. The van der Waals surface area contributed by atoms with Crippen molar-refractivity contribution in [1.29, 1.82) is 0 Å². The molecule has 1 amide bonds. The van der Waals surface area contributed by atoms with E-state index in [1.54, 1.807) is 31.6 Å². The van der Waals surface area contributed by atoms with E-state index >= 15 is 0 Å². The van der Waals surface area contributed by atoms with Crippen LogP contribution in [0.4, 0.5) is 5.82 Å². The van der Waals surface area contributed by atoms with Gasteiger partial charge in [-0.15, -0.1) is 0 Å². The summed E-state index contributed by atoms with van der Waals surface area (Å²) in [7, 11) is 1.67. The Bertz CT molecular complexity index is 945. The number of nitrogens with zero attached hydrogens (tertiary/aromatic N) is 4. The molecule has 6 heteroatoms. The van der Waals surface area contributed by atoms with Gasteiger partial charge in [-0.1, -0.05) is 0 Å². The first kappa shape index (κ1) is 17.3. The zero-order valence-electron chi connectivity index (χ0n) is 15.3. The van der Waals surface area contributed by atoms with Gasteiger partial charge in [-0.05, 0) is 48.9 Å². The van der Waals surface area contributed by atoms with E-state index in [4.69, 9.17) is 9.72 Å². The molecule has 4 rings (SSSR count).